The number of thioether (sulfide) groups is 1. The van der Waals surface area contributed by atoms with Gasteiger partial charge < -0.3 is 5.32 Å². The summed E-state index contributed by atoms with van der Waals surface area (Å²) >= 11 is 12.5. The lowest BCUT2D eigenvalue weighted by Crippen LogP contribution is -2.37. The van der Waals surface area contributed by atoms with Crippen molar-refractivity contribution < 1.29 is 18.8 Å². The van der Waals surface area contributed by atoms with Crippen molar-refractivity contribution in [3.05, 3.63) is 74.4 Å². The molecule has 150 valence electrons. The Morgan fingerprint density at radius 3 is 2.62 bits per heavy atom. The Labute approximate surface area is 180 Å². The van der Waals surface area contributed by atoms with Crippen LogP contribution in [0.3, 0.4) is 0 Å². The number of nitrogens with one attached hydrogen (secondary N) is 1. The second-order valence-electron chi connectivity index (χ2n) is 6.13. The first-order valence-electron chi connectivity index (χ1n) is 8.55. The number of imide groups is 1. The van der Waals surface area contributed by atoms with Crippen LogP contribution >= 0.6 is 35.0 Å². The van der Waals surface area contributed by atoms with E-state index in [2.05, 4.69) is 5.32 Å². The van der Waals surface area contributed by atoms with E-state index in [1.807, 2.05) is 0 Å². The Kier molecular flexibility index (Phi) is 6.95. The zero-order chi connectivity index (χ0) is 21.0. The van der Waals surface area contributed by atoms with Gasteiger partial charge in [0.1, 0.15) is 5.82 Å². The summed E-state index contributed by atoms with van der Waals surface area (Å²) in [6, 6.07) is 10.9. The number of benzene rings is 2. The minimum Gasteiger partial charge on any atom is -0.354 e. The number of amides is 3. The molecule has 0 saturated carbocycles. The van der Waals surface area contributed by atoms with Crippen LogP contribution in [0.2, 0.25) is 10.0 Å². The van der Waals surface area contributed by atoms with E-state index in [0.29, 0.717) is 15.6 Å². The Morgan fingerprint density at radius 1 is 1.14 bits per heavy atom. The maximum atomic E-state index is 13.8. The van der Waals surface area contributed by atoms with E-state index in [0.717, 1.165) is 16.7 Å². The monoisotopic (exact) mass is 452 g/mol. The van der Waals surface area contributed by atoms with Gasteiger partial charge in [-0.25, -0.2) is 4.39 Å². The second-order valence-corrected chi connectivity index (χ2v) is 7.94. The third-order valence-electron chi connectivity index (χ3n) is 4.07. The van der Waals surface area contributed by atoms with Gasteiger partial charge in [-0.05, 0) is 41.6 Å². The van der Waals surface area contributed by atoms with Gasteiger partial charge in [-0.1, -0.05) is 47.5 Å². The maximum absolute atomic E-state index is 13.8. The van der Waals surface area contributed by atoms with Crippen LogP contribution in [0.4, 0.5) is 9.18 Å². The summed E-state index contributed by atoms with van der Waals surface area (Å²) in [6.45, 7) is 0.123. The van der Waals surface area contributed by atoms with Crippen LogP contribution in [-0.4, -0.2) is 35.0 Å². The van der Waals surface area contributed by atoms with E-state index >= 15 is 0 Å². The summed E-state index contributed by atoms with van der Waals surface area (Å²) in [7, 11) is 0. The lowest BCUT2D eigenvalue weighted by Gasteiger charge is -2.13. The largest absolute Gasteiger partial charge is 0.354 e. The second kappa shape index (κ2) is 9.43. The molecule has 1 heterocycles. The molecule has 1 saturated heterocycles. The average molecular weight is 453 g/mol. The standard InChI is InChI=1S/C20H15Cl2FN2O3S/c21-14-6-5-12(9-15(14)22)10-18(26)24-7-8-25-19(27)17(29-20(25)28)11-13-3-1-2-4-16(13)23/h1-6,9,11H,7-8,10H2,(H,24,26)/b17-11-. The fourth-order valence-corrected chi connectivity index (χ4v) is 3.81. The van der Waals surface area contributed by atoms with E-state index in [9.17, 15) is 18.8 Å². The molecule has 2 aromatic rings. The van der Waals surface area contributed by atoms with E-state index in [4.69, 9.17) is 23.2 Å². The predicted octanol–water partition coefficient (Wildman–Crippen LogP) is 4.53. The number of carbonyl (C=O) groups is 3. The number of rotatable bonds is 6. The quantitative estimate of drug-likeness (QED) is 0.653. The fourth-order valence-electron chi connectivity index (χ4n) is 2.63. The first kappa shape index (κ1) is 21.4. The minimum atomic E-state index is -0.512. The van der Waals surface area contributed by atoms with E-state index in [1.54, 1.807) is 30.3 Å². The Hall–Kier alpha value is -2.35. The highest BCUT2D eigenvalue weighted by Gasteiger charge is 2.34. The SMILES string of the molecule is O=C(Cc1ccc(Cl)c(Cl)c1)NCCN1C(=O)S/C(=C\c2ccccc2F)C1=O. The van der Waals surface area contributed by atoms with Gasteiger partial charge in [-0.2, -0.15) is 0 Å². The first-order valence-corrected chi connectivity index (χ1v) is 10.1. The highest BCUT2D eigenvalue weighted by Crippen LogP contribution is 2.32. The van der Waals surface area contributed by atoms with Crippen LogP contribution in [0.25, 0.3) is 6.08 Å². The molecule has 3 amide bonds. The predicted molar refractivity (Wildman–Crippen MR) is 112 cm³/mol. The fraction of sp³-hybridized carbons (Fsp3) is 0.150. The molecule has 5 nitrogen and oxygen atoms in total. The van der Waals surface area contributed by atoms with Gasteiger partial charge in [0.2, 0.25) is 5.91 Å². The summed E-state index contributed by atoms with van der Waals surface area (Å²) in [4.78, 5) is 37.7. The Morgan fingerprint density at radius 2 is 1.90 bits per heavy atom. The molecule has 0 spiro atoms. The van der Waals surface area contributed by atoms with Crippen LogP contribution in [0.15, 0.2) is 47.4 Å². The number of carbonyl (C=O) groups excluding carboxylic acids is 3. The van der Waals surface area contributed by atoms with Crippen molar-refractivity contribution in [3.63, 3.8) is 0 Å². The van der Waals surface area contributed by atoms with E-state index in [1.165, 1.54) is 18.2 Å². The van der Waals surface area contributed by atoms with Crippen LogP contribution < -0.4 is 5.32 Å². The molecule has 9 heteroatoms. The number of halogens is 3. The Bertz CT molecular complexity index is 1010. The molecule has 2 aromatic carbocycles. The van der Waals surface area contributed by atoms with Crippen molar-refractivity contribution in [1.29, 1.82) is 0 Å². The molecule has 1 aliphatic rings. The van der Waals surface area contributed by atoms with Gasteiger partial charge in [0.15, 0.2) is 0 Å². The van der Waals surface area contributed by atoms with Crippen molar-refractivity contribution in [2.45, 2.75) is 6.42 Å². The normalized spacial score (nSPS) is 15.3. The zero-order valence-corrected chi connectivity index (χ0v) is 17.3. The van der Waals surface area contributed by atoms with Gasteiger partial charge in [0, 0.05) is 18.7 Å². The highest BCUT2D eigenvalue weighted by atomic mass is 35.5. The van der Waals surface area contributed by atoms with E-state index in [-0.39, 0.29) is 35.9 Å². The molecule has 1 aliphatic heterocycles. The lowest BCUT2D eigenvalue weighted by molar-refractivity contribution is -0.124. The van der Waals surface area contributed by atoms with Gasteiger partial charge >= 0.3 is 0 Å². The topological polar surface area (TPSA) is 66.5 Å². The third-order valence-corrected chi connectivity index (χ3v) is 5.72. The highest BCUT2D eigenvalue weighted by molar-refractivity contribution is 8.18. The van der Waals surface area contributed by atoms with Crippen LogP contribution in [0.5, 0.6) is 0 Å². The third kappa shape index (κ3) is 5.38. The molecule has 0 unspecified atom stereocenters. The summed E-state index contributed by atoms with van der Waals surface area (Å²) in [5.41, 5.74) is 0.920. The maximum Gasteiger partial charge on any atom is 0.293 e. The van der Waals surface area contributed by atoms with Crippen LogP contribution in [0, 0.1) is 5.82 Å². The van der Waals surface area contributed by atoms with Crippen molar-refractivity contribution in [3.8, 4) is 0 Å². The van der Waals surface area contributed by atoms with Gasteiger partial charge in [-0.15, -0.1) is 0 Å². The molecule has 3 rings (SSSR count). The van der Waals surface area contributed by atoms with Gasteiger partial charge in [0.25, 0.3) is 11.1 Å². The van der Waals surface area contributed by atoms with Crippen molar-refractivity contribution in [2.24, 2.45) is 0 Å². The first-order chi connectivity index (χ1) is 13.8. The molecule has 0 atom stereocenters. The minimum absolute atomic E-state index is 0.0202. The number of nitrogens with zero attached hydrogens (tertiary/aromatic N) is 1. The molecule has 0 aliphatic carbocycles. The molecule has 0 bridgehead atoms. The molecule has 0 aromatic heterocycles. The van der Waals surface area contributed by atoms with Crippen molar-refractivity contribution >= 4 is 58.1 Å². The molecular formula is C20H15Cl2FN2O3S. The summed E-state index contributed by atoms with van der Waals surface area (Å²) in [6.07, 6.45) is 1.44. The van der Waals surface area contributed by atoms with E-state index < -0.39 is 17.0 Å². The smallest absolute Gasteiger partial charge is 0.293 e. The van der Waals surface area contributed by atoms with Crippen LogP contribution in [-0.2, 0) is 16.0 Å². The molecular weight excluding hydrogens is 438 g/mol. The molecule has 1 fully saturated rings. The molecule has 0 radical (unpaired) electrons. The number of hydrogen-bond acceptors (Lipinski definition) is 4. The van der Waals surface area contributed by atoms with Crippen molar-refractivity contribution in [1.82, 2.24) is 10.2 Å². The Balaban J connectivity index is 1.54. The van der Waals surface area contributed by atoms with Crippen molar-refractivity contribution in [2.75, 3.05) is 13.1 Å². The van der Waals surface area contributed by atoms with Gasteiger partial charge in [0.05, 0.1) is 21.4 Å². The van der Waals surface area contributed by atoms with Crippen LogP contribution in [0.1, 0.15) is 11.1 Å². The summed E-state index contributed by atoms with van der Waals surface area (Å²) < 4.78 is 13.8. The van der Waals surface area contributed by atoms with Gasteiger partial charge in [-0.3, -0.25) is 19.3 Å². The lowest BCUT2D eigenvalue weighted by atomic mass is 10.1. The average Bonchev–Trinajstić information content (AvgIpc) is 2.94. The zero-order valence-electron chi connectivity index (χ0n) is 15.0. The summed E-state index contributed by atoms with van der Waals surface area (Å²) in [5, 5.41) is 2.95. The molecule has 1 N–H and O–H groups in total. The number of hydrogen-bond donors (Lipinski definition) is 1. The molecule has 29 heavy (non-hydrogen) atoms. The summed E-state index contributed by atoms with van der Waals surface area (Å²) in [5.74, 6) is -1.27.